The van der Waals surface area contributed by atoms with Gasteiger partial charge in [0.2, 0.25) is 0 Å². The van der Waals surface area contributed by atoms with Gasteiger partial charge in [-0.2, -0.15) is 0 Å². The molecule has 1 saturated carbocycles. The fraction of sp³-hybridized carbons (Fsp3) is 1.00. The van der Waals surface area contributed by atoms with E-state index in [0.717, 1.165) is 24.4 Å². The highest BCUT2D eigenvalue weighted by atomic mass is 15.1. The third kappa shape index (κ3) is 2.94. The van der Waals surface area contributed by atoms with Crippen LogP contribution in [0.1, 0.15) is 46.5 Å². The Kier molecular flexibility index (Phi) is 3.36. The molecule has 0 aromatic rings. The molecule has 3 atom stereocenters. The van der Waals surface area contributed by atoms with Crippen LogP contribution in [-0.2, 0) is 0 Å². The van der Waals surface area contributed by atoms with Crippen LogP contribution in [0.4, 0.5) is 0 Å². The molecule has 2 fully saturated rings. The topological polar surface area (TPSA) is 24.1 Å². The zero-order valence-electron chi connectivity index (χ0n) is 10.5. The lowest BCUT2D eigenvalue weighted by molar-refractivity contribution is 0.201. The van der Waals surface area contributed by atoms with Gasteiger partial charge >= 0.3 is 0 Å². The summed E-state index contributed by atoms with van der Waals surface area (Å²) in [7, 11) is 0. The van der Waals surface area contributed by atoms with Crippen LogP contribution in [-0.4, -0.2) is 24.7 Å². The van der Waals surface area contributed by atoms with Gasteiger partial charge in [-0.25, -0.2) is 0 Å². The first-order chi connectivity index (χ1) is 7.07. The number of rotatable bonds is 2. The third-order valence-electron chi connectivity index (χ3n) is 4.10. The first kappa shape index (κ1) is 11.4. The maximum Gasteiger partial charge on any atom is 0.0292 e. The Bertz CT molecular complexity index is 199. The van der Waals surface area contributed by atoms with Gasteiger partial charge in [0.25, 0.3) is 0 Å². The minimum absolute atomic E-state index is 0.363. The molecule has 3 unspecified atom stereocenters. The summed E-state index contributed by atoms with van der Waals surface area (Å²) in [6, 6.07) is 0.758. The Balaban J connectivity index is 1.87. The van der Waals surface area contributed by atoms with Gasteiger partial charge in [-0.15, -0.1) is 0 Å². The van der Waals surface area contributed by atoms with E-state index in [0.29, 0.717) is 5.54 Å². The van der Waals surface area contributed by atoms with Crippen molar-refractivity contribution in [3.8, 4) is 0 Å². The Labute approximate surface area is 94.2 Å². The van der Waals surface area contributed by atoms with E-state index in [9.17, 15) is 0 Å². The molecule has 1 heterocycles. The number of hydrogen-bond donors (Lipinski definition) is 2. The van der Waals surface area contributed by atoms with Gasteiger partial charge in [0.1, 0.15) is 0 Å². The lowest BCUT2D eigenvalue weighted by atomic mass is 9.79. The minimum Gasteiger partial charge on any atom is -0.315 e. The maximum atomic E-state index is 3.89. The van der Waals surface area contributed by atoms with E-state index >= 15 is 0 Å². The van der Waals surface area contributed by atoms with Gasteiger partial charge in [-0.3, -0.25) is 0 Å². The van der Waals surface area contributed by atoms with E-state index in [1.54, 1.807) is 0 Å². The molecule has 2 nitrogen and oxygen atoms in total. The van der Waals surface area contributed by atoms with Gasteiger partial charge in [0.15, 0.2) is 0 Å². The van der Waals surface area contributed by atoms with Crippen molar-refractivity contribution in [3.05, 3.63) is 0 Å². The van der Waals surface area contributed by atoms with E-state index in [1.807, 2.05) is 0 Å². The monoisotopic (exact) mass is 210 g/mol. The van der Waals surface area contributed by atoms with Crippen molar-refractivity contribution in [3.63, 3.8) is 0 Å². The van der Waals surface area contributed by atoms with E-state index in [4.69, 9.17) is 0 Å². The second kappa shape index (κ2) is 4.42. The van der Waals surface area contributed by atoms with Crippen LogP contribution in [0.5, 0.6) is 0 Å². The smallest absolute Gasteiger partial charge is 0.0292 e. The SMILES string of the molecule is CC1CC(C)CC(NC2(C)CCNC2)C1. The van der Waals surface area contributed by atoms with Crippen LogP contribution in [0.2, 0.25) is 0 Å². The van der Waals surface area contributed by atoms with Crippen molar-refractivity contribution in [2.75, 3.05) is 13.1 Å². The Morgan fingerprint density at radius 1 is 1.13 bits per heavy atom. The fourth-order valence-electron chi connectivity index (χ4n) is 3.50. The molecule has 2 N–H and O–H groups in total. The van der Waals surface area contributed by atoms with Crippen LogP contribution < -0.4 is 10.6 Å². The predicted molar refractivity (Wildman–Crippen MR) is 65.0 cm³/mol. The minimum atomic E-state index is 0.363. The van der Waals surface area contributed by atoms with Crippen molar-refractivity contribution >= 4 is 0 Å². The van der Waals surface area contributed by atoms with Crippen molar-refractivity contribution < 1.29 is 0 Å². The largest absolute Gasteiger partial charge is 0.315 e. The summed E-state index contributed by atoms with van der Waals surface area (Å²) in [6.45, 7) is 9.50. The second-order valence-corrected chi connectivity index (χ2v) is 6.25. The summed E-state index contributed by atoms with van der Waals surface area (Å²) in [5.74, 6) is 1.81. The van der Waals surface area contributed by atoms with Crippen molar-refractivity contribution in [1.29, 1.82) is 0 Å². The summed E-state index contributed by atoms with van der Waals surface area (Å²) in [4.78, 5) is 0. The molecule has 88 valence electrons. The molecule has 1 saturated heterocycles. The van der Waals surface area contributed by atoms with Gasteiger partial charge in [-0.1, -0.05) is 13.8 Å². The summed E-state index contributed by atoms with van der Waals surface area (Å²) >= 11 is 0. The normalized spacial score (nSPS) is 47.0. The van der Waals surface area contributed by atoms with Crippen molar-refractivity contribution in [2.45, 2.75) is 58.0 Å². The molecule has 0 amide bonds. The standard InChI is InChI=1S/C13H26N2/c1-10-6-11(2)8-12(7-10)15-13(3)4-5-14-9-13/h10-12,14-15H,4-9H2,1-3H3. The highest BCUT2D eigenvalue weighted by Crippen LogP contribution is 2.30. The number of nitrogens with one attached hydrogen (secondary N) is 2. The maximum absolute atomic E-state index is 3.89. The van der Waals surface area contributed by atoms with E-state index in [1.165, 1.54) is 32.2 Å². The predicted octanol–water partition coefficient (Wildman–Crippen LogP) is 2.15. The molecule has 1 aliphatic heterocycles. The average Bonchev–Trinajstić information content (AvgIpc) is 2.49. The molecule has 0 aromatic heterocycles. The quantitative estimate of drug-likeness (QED) is 0.730. The molecule has 0 bridgehead atoms. The van der Waals surface area contributed by atoms with Crippen LogP contribution in [0.15, 0.2) is 0 Å². The Hall–Kier alpha value is -0.0800. The molecule has 2 aliphatic rings. The fourth-order valence-corrected chi connectivity index (χ4v) is 3.50. The second-order valence-electron chi connectivity index (χ2n) is 6.25. The molecule has 1 aliphatic carbocycles. The lowest BCUT2D eigenvalue weighted by Gasteiger charge is -2.37. The van der Waals surface area contributed by atoms with E-state index < -0.39 is 0 Å². The van der Waals surface area contributed by atoms with Crippen LogP contribution in [0.25, 0.3) is 0 Å². The van der Waals surface area contributed by atoms with Gasteiger partial charge in [0.05, 0.1) is 0 Å². The van der Waals surface area contributed by atoms with Gasteiger partial charge in [-0.05, 0) is 51.0 Å². The van der Waals surface area contributed by atoms with E-state index in [-0.39, 0.29) is 0 Å². The number of hydrogen-bond acceptors (Lipinski definition) is 2. The Morgan fingerprint density at radius 3 is 2.33 bits per heavy atom. The van der Waals surface area contributed by atoms with Gasteiger partial charge in [0, 0.05) is 18.1 Å². The summed E-state index contributed by atoms with van der Waals surface area (Å²) in [6.07, 6.45) is 5.46. The average molecular weight is 210 g/mol. The zero-order valence-corrected chi connectivity index (χ0v) is 10.5. The van der Waals surface area contributed by atoms with Crippen LogP contribution >= 0.6 is 0 Å². The first-order valence-electron chi connectivity index (χ1n) is 6.56. The lowest BCUT2D eigenvalue weighted by Crippen LogP contribution is -2.51. The van der Waals surface area contributed by atoms with Crippen LogP contribution in [0.3, 0.4) is 0 Å². The zero-order chi connectivity index (χ0) is 10.9. The molecule has 0 radical (unpaired) electrons. The van der Waals surface area contributed by atoms with Crippen molar-refractivity contribution in [2.24, 2.45) is 11.8 Å². The summed E-state index contributed by atoms with van der Waals surface area (Å²) in [5, 5.41) is 7.35. The summed E-state index contributed by atoms with van der Waals surface area (Å²) in [5.41, 5.74) is 0.363. The highest BCUT2D eigenvalue weighted by Gasteiger charge is 2.33. The third-order valence-corrected chi connectivity index (χ3v) is 4.10. The molecule has 2 heteroatoms. The van der Waals surface area contributed by atoms with E-state index in [2.05, 4.69) is 31.4 Å². The van der Waals surface area contributed by atoms with Crippen LogP contribution in [0, 0.1) is 11.8 Å². The van der Waals surface area contributed by atoms with Gasteiger partial charge < -0.3 is 10.6 Å². The first-order valence-corrected chi connectivity index (χ1v) is 6.56. The highest BCUT2D eigenvalue weighted by molar-refractivity contribution is 4.95. The van der Waals surface area contributed by atoms with Crippen molar-refractivity contribution in [1.82, 2.24) is 10.6 Å². The summed E-state index contributed by atoms with van der Waals surface area (Å²) < 4.78 is 0. The molecular formula is C13H26N2. The molecule has 0 spiro atoms. The molecule has 0 aromatic carbocycles. The Morgan fingerprint density at radius 2 is 1.80 bits per heavy atom. The molecule has 2 rings (SSSR count). The molecular weight excluding hydrogens is 184 g/mol. The molecule has 15 heavy (non-hydrogen) atoms.